The Balaban J connectivity index is 0. The van der Waals surface area contributed by atoms with E-state index in [1.807, 2.05) is 51.1 Å². The number of amides is 1. The van der Waals surface area contributed by atoms with Crippen LogP contribution < -0.4 is 24.2 Å². The van der Waals surface area contributed by atoms with Crippen LogP contribution >= 0.6 is 0 Å². The molecule has 0 radical (unpaired) electrons. The molecular formula is C25H35LiNO-3. The summed E-state index contributed by atoms with van der Waals surface area (Å²) in [6.07, 6.45) is 5.63. The van der Waals surface area contributed by atoms with Crippen LogP contribution in [0.5, 0.6) is 0 Å². The van der Waals surface area contributed by atoms with Crippen molar-refractivity contribution in [3.63, 3.8) is 0 Å². The number of hydrogen-bond acceptors (Lipinski definition) is 1. The van der Waals surface area contributed by atoms with Crippen molar-refractivity contribution in [2.45, 2.75) is 53.4 Å². The van der Waals surface area contributed by atoms with Crippen LogP contribution in [0.25, 0.3) is 0 Å². The third kappa shape index (κ3) is 13.4. The van der Waals surface area contributed by atoms with E-state index in [-0.39, 0.29) is 24.8 Å². The Morgan fingerprint density at radius 2 is 1.54 bits per heavy atom. The summed E-state index contributed by atoms with van der Waals surface area (Å²) in [6.45, 7) is 19.1. The fourth-order valence-electron chi connectivity index (χ4n) is 2.26. The van der Waals surface area contributed by atoms with Gasteiger partial charge in [0, 0.05) is 5.69 Å². The van der Waals surface area contributed by atoms with E-state index in [9.17, 15) is 4.79 Å². The Kier molecular flexibility index (Phi) is 17.6. The molecule has 28 heavy (non-hydrogen) atoms. The Labute approximate surface area is 185 Å². The standard InChI is InChI=1S/C12H16NO.C8H9.C5H10.Li/c1-4-6-11(14)13-12-9(2)7-5-8-10(12)3;1-7-4-3-5-8(2)6-7;1-3-5-4-2;/h5-8H,4H2,1-3H3,(H,13,14);3-6H,1H2,2H3;1-5H2;/q2*-1;-2;+1. The number of anilines is 1. The second-order valence-electron chi connectivity index (χ2n) is 6.42. The van der Waals surface area contributed by atoms with Gasteiger partial charge in [0.15, 0.2) is 0 Å². The molecule has 0 saturated heterocycles. The topological polar surface area (TPSA) is 29.1 Å². The molecule has 1 amide bonds. The van der Waals surface area contributed by atoms with Crippen molar-refractivity contribution in [3.8, 4) is 0 Å². The second kappa shape index (κ2) is 17.4. The molecule has 0 spiro atoms. The maximum absolute atomic E-state index is 11.4. The monoisotopic (exact) mass is 372 g/mol. The molecule has 0 heterocycles. The van der Waals surface area contributed by atoms with E-state index in [0.29, 0.717) is 0 Å². The molecule has 0 atom stereocenters. The van der Waals surface area contributed by atoms with Gasteiger partial charge < -0.3 is 30.4 Å². The zero-order chi connectivity index (χ0) is 20.7. The van der Waals surface area contributed by atoms with Crippen LogP contribution in [0.2, 0.25) is 0 Å². The molecular weight excluding hydrogens is 337 g/mol. The third-order valence-corrected chi connectivity index (χ3v) is 3.70. The Morgan fingerprint density at radius 3 is 1.89 bits per heavy atom. The van der Waals surface area contributed by atoms with Crippen molar-refractivity contribution < 1.29 is 23.7 Å². The Bertz CT molecular complexity index is 628. The van der Waals surface area contributed by atoms with Crippen molar-refractivity contribution in [2.75, 3.05) is 5.32 Å². The van der Waals surface area contributed by atoms with Gasteiger partial charge in [-0.2, -0.15) is 43.9 Å². The summed E-state index contributed by atoms with van der Waals surface area (Å²) < 4.78 is 0. The molecule has 2 rings (SSSR count). The van der Waals surface area contributed by atoms with Crippen LogP contribution in [0.4, 0.5) is 5.69 Å². The van der Waals surface area contributed by atoms with E-state index in [1.54, 1.807) is 6.42 Å². The number of nitrogens with one attached hydrogen (secondary N) is 1. The van der Waals surface area contributed by atoms with Gasteiger partial charge in [0.25, 0.3) is 0 Å². The molecule has 3 heteroatoms. The zero-order valence-corrected chi connectivity index (χ0v) is 18.5. The Morgan fingerprint density at radius 1 is 1.00 bits per heavy atom. The summed E-state index contributed by atoms with van der Waals surface area (Å²) in [5, 5.41) is 2.88. The number of carbonyl (C=O) groups excluding carboxylic acids is 1. The summed E-state index contributed by atoms with van der Waals surface area (Å²) in [5.41, 5.74) is 5.50. The molecule has 150 valence electrons. The van der Waals surface area contributed by atoms with E-state index in [4.69, 9.17) is 0 Å². The molecule has 0 unspecified atom stereocenters. The van der Waals surface area contributed by atoms with Gasteiger partial charge in [0.2, 0.25) is 0 Å². The number of benzene rings is 2. The van der Waals surface area contributed by atoms with Crippen molar-refractivity contribution in [3.05, 3.63) is 91.9 Å². The second-order valence-corrected chi connectivity index (χ2v) is 6.42. The largest absolute Gasteiger partial charge is 1.00 e. The minimum Gasteiger partial charge on any atom is -0.351 e. The maximum atomic E-state index is 11.4. The van der Waals surface area contributed by atoms with E-state index < -0.39 is 0 Å². The molecule has 0 bridgehead atoms. The molecule has 0 aliphatic heterocycles. The first-order valence-corrected chi connectivity index (χ1v) is 9.53. The first-order chi connectivity index (χ1) is 12.8. The number of unbranched alkanes of at least 4 members (excludes halogenated alkanes) is 2. The summed E-state index contributed by atoms with van der Waals surface area (Å²) in [6, 6.07) is 14.1. The first-order valence-electron chi connectivity index (χ1n) is 9.53. The van der Waals surface area contributed by atoms with E-state index >= 15 is 0 Å². The molecule has 2 nitrogen and oxygen atoms in total. The average molecular weight is 373 g/mol. The number of hydrogen-bond donors (Lipinski definition) is 1. The molecule has 2 aromatic carbocycles. The molecule has 0 fully saturated rings. The predicted molar refractivity (Wildman–Crippen MR) is 119 cm³/mol. The van der Waals surface area contributed by atoms with Gasteiger partial charge in [0.05, 0.1) is 5.91 Å². The maximum Gasteiger partial charge on any atom is 1.00 e. The van der Waals surface area contributed by atoms with Crippen molar-refractivity contribution in [2.24, 2.45) is 0 Å². The van der Waals surface area contributed by atoms with Crippen LogP contribution in [0, 0.1) is 48.0 Å². The molecule has 0 aromatic heterocycles. The van der Waals surface area contributed by atoms with Crippen LogP contribution in [0.15, 0.2) is 42.5 Å². The first kappa shape index (κ1) is 28.5. The number of para-hydroxylation sites is 1. The minimum atomic E-state index is -0.0232. The summed E-state index contributed by atoms with van der Waals surface area (Å²) in [7, 11) is 0. The quantitative estimate of drug-likeness (QED) is 0.627. The fourth-order valence-corrected chi connectivity index (χ4v) is 2.26. The predicted octanol–water partition coefficient (Wildman–Crippen LogP) is 3.86. The van der Waals surface area contributed by atoms with Gasteiger partial charge in [-0.3, -0.25) is 0 Å². The van der Waals surface area contributed by atoms with Gasteiger partial charge in [0.1, 0.15) is 0 Å². The van der Waals surface area contributed by atoms with Crippen LogP contribution in [-0.2, 0) is 4.79 Å². The van der Waals surface area contributed by atoms with Crippen molar-refractivity contribution >= 4 is 11.6 Å². The average Bonchev–Trinajstić information content (AvgIpc) is 2.60. The molecule has 0 saturated carbocycles. The minimum absolute atomic E-state index is 0. The zero-order valence-electron chi connectivity index (χ0n) is 18.5. The van der Waals surface area contributed by atoms with Crippen molar-refractivity contribution in [1.29, 1.82) is 0 Å². The smallest absolute Gasteiger partial charge is 0.351 e. The Hall–Kier alpha value is -1.75. The summed E-state index contributed by atoms with van der Waals surface area (Å²) in [4.78, 5) is 11.4. The van der Waals surface area contributed by atoms with Crippen LogP contribution in [0.1, 0.15) is 54.9 Å². The molecule has 2 aromatic rings. The summed E-state index contributed by atoms with van der Waals surface area (Å²) >= 11 is 0. The van der Waals surface area contributed by atoms with Gasteiger partial charge in [-0.1, -0.05) is 38.1 Å². The normalized spacial score (nSPS) is 8.93. The van der Waals surface area contributed by atoms with Crippen LogP contribution in [-0.4, -0.2) is 5.91 Å². The fraction of sp³-hybridized carbons (Fsp3) is 0.320. The SMILES string of the molecule is CC[CH-]C(=O)Nc1c(C)cccc1C.[CH2-]CCC[CH2-].[CH2-]c1cccc(C)c1.[Li+]. The van der Waals surface area contributed by atoms with E-state index in [1.165, 1.54) is 12.0 Å². The molecule has 1 N–H and O–H groups in total. The number of carbonyl (C=O) groups is 1. The molecule has 0 aliphatic rings. The van der Waals surface area contributed by atoms with Gasteiger partial charge in [-0.15, -0.1) is 18.1 Å². The van der Waals surface area contributed by atoms with Crippen molar-refractivity contribution in [1.82, 2.24) is 0 Å². The van der Waals surface area contributed by atoms with E-state index in [0.717, 1.165) is 41.6 Å². The third-order valence-electron chi connectivity index (χ3n) is 3.70. The van der Waals surface area contributed by atoms with Gasteiger partial charge in [-0.05, 0) is 25.0 Å². The van der Waals surface area contributed by atoms with Gasteiger partial charge in [-0.25, -0.2) is 0 Å². The number of rotatable bonds is 5. The number of aryl methyl sites for hydroxylation is 3. The van der Waals surface area contributed by atoms with Gasteiger partial charge >= 0.3 is 18.9 Å². The van der Waals surface area contributed by atoms with E-state index in [2.05, 4.69) is 45.1 Å². The molecule has 0 aliphatic carbocycles. The summed E-state index contributed by atoms with van der Waals surface area (Å²) in [5.74, 6) is -0.0232. The van der Waals surface area contributed by atoms with Crippen LogP contribution in [0.3, 0.4) is 0 Å².